The van der Waals surface area contributed by atoms with Gasteiger partial charge in [0.15, 0.2) is 0 Å². The highest BCUT2D eigenvalue weighted by Gasteiger charge is 2.18. The largest absolute Gasteiger partial charge is 0.361 e. The van der Waals surface area contributed by atoms with E-state index in [-0.39, 0.29) is 11.4 Å². The van der Waals surface area contributed by atoms with E-state index >= 15 is 0 Å². The van der Waals surface area contributed by atoms with Crippen LogP contribution in [0.4, 0.5) is 0 Å². The number of rotatable bonds is 5. The molecule has 0 spiro atoms. The first-order valence-electron chi connectivity index (χ1n) is 5.63. The van der Waals surface area contributed by atoms with Crippen molar-refractivity contribution in [3.63, 3.8) is 0 Å². The SMILES string of the molecule is Cc1noc(C)c1CNS(=O)(=O)c1csc(CN)c1. The number of nitrogens with two attached hydrogens (primary N) is 1. The van der Waals surface area contributed by atoms with Gasteiger partial charge in [0.2, 0.25) is 10.0 Å². The van der Waals surface area contributed by atoms with Gasteiger partial charge in [0.1, 0.15) is 5.76 Å². The minimum Gasteiger partial charge on any atom is -0.361 e. The first-order chi connectivity index (χ1) is 8.94. The molecule has 19 heavy (non-hydrogen) atoms. The standard InChI is InChI=1S/C11H15N3O3S2/c1-7-11(8(2)17-14-7)5-13-19(15,16)10-3-9(4-12)18-6-10/h3,6,13H,4-5,12H2,1-2H3. The minimum atomic E-state index is -3.52. The number of aryl methyl sites for hydroxylation is 2. The first kappa shape index (κ1) is 14.2. The van der Waals surface area contributed by atoms with Crippen LogP contribution in [0, 0.1) is 13.8 Å². The lowest BCUT2D eigenvalue weighted by molar-refractivity contribution is 0.392. The molecule has 0 radical (unpaired) electrons. The number of aromatic nitrogens is 1. The highest BCUT2D eigenvalue weighted by molar-refractivity contribution is 7.89. The van der Waals surface area contributed by atoms with Crippen molar-refractivity contribution in [2.24, 2.45) is 5.73 Å². The highest BCUT2D eigenvalue weighted by atomic mass is 32.2. The summed E-state index contributed by atoms with van der Waals surface area (Å²) in [5, 5.41) is 5.36. The summed E-state index contributed by atoms with van der Waals surface area (Å²) < 4.78 is 31.7. The Labute approximate surface area is 115 Å². The van der Waals surface area contributed by atoms with Crippen LogP contribution in [0.1, 0.15) is 21.9 Å². The molecule has 2 aromatic rings. The fourth-order valence-electron chi connectivity index (χ4n) is 1.61. The molecule has 0 fully saturated rings. The van der Waals surface area contributed by atoms with Crippen molar-refractivity contribution >= 4 is 21.4 Å². The Morgan fingerprint density at radius 3 is 2.74 bits per heavy atom. The summed E-state index contributed by atoms with van der Waals surface area (Å²) >= 11 is 1.33. The van der Waals surface area contributed by atoms with Crippen LogP contribution in [0.25, 0.3) is 0 Å². The van der Waals surface area contributed by atoms with Gasteiger partial charge >= 0.3 is 0 Å². The zero-order chi connectivity index (χ0) is 14.0. The quantitative estimate of drug-likeness (QED) is 0.867. The molecule has 6 nitrogen and oxygen atoms in total. The lowest BCUT2D eigenvalue weighted by atomic mass is 10.2. The molecule has 0 aliphatic carbocycles. The van der Waals surface area contributed by atoms with Gasteiger partial charge in [0.05, 0.1) is 10.6 Å². The lowest BCUT2D eigenvalue weighted by Crippen LogP contribution is -2.23. The monoisotopic (exact) mass is 301 g/mol. The predicted molar refractivity (Wildman–Crippen MR) is 72.2 cm³/mol. The van der Waals surface area contributed by atoms with Crippen molar-refractivity contribution in [2.75, 3.05) is 0 Å². The smallest absolute Gasteiger partial charge is 0.241 e. The summed E-state index contributed by atoms with van der Waals surface area (Å²) in [5.41, 5.74) is 6.92. The number of nitrogens with zero attached hydrogens (tertiary/aromatic N) is 1. The maximum atomic E-state index is 12.1. The van der Waals surface area contributed by atoms with Crippen LogP contribution in [0.2, 0.25) is 0 Å². The van der Waals surface area contributed by atoms with Crippen molar-refractivity contribution < 1.29 is 12.9 Å². The van der Waals surface area contributed by atoms with Crippen LogP contribution in [0.5, 0.6) is 0 Å². The van der Waals surface area contributed by atoms with E-state index in [1.807, 2.05) is 0 Å². The molecular weight excluding hydrogens is 286 g/mol. The molecule has 2 rings (SSSR count). The Morgan fingerprint density at radius 1 is 1.47 bits per heavy atom. The lowest BCUT2D eigenvalue weighted by Gasteiger charge is -2.04. The van der Waals surface area contributed by atoms with E-state index in [0.717, 1.165) is 10.4 Å². The van der Waals surface area contributed by atoms with Gasteiger partial charge in [-0.05, 0) is 19.9 Å². The van der Waals surface area contributed by atoms with Crippen molar-refractivity contribution in [3.8, 4) is 0 Å². The maximum Gasteiger partial charge on any atom is 0.241 e. The molecule has 0 unspecified atom stereocenters. The Balaban J connectivity index is 2.14. The van der Waals surface area contributed by atoms with Gasteiger partial charge < -0.3 is 10.3 Å². The van der Waals surface area contributed by atoms with E-state index in [2.05, 4.69) is 9.88 Å². The molecular formula is C11H15N3O3S2. The van der Waals surface area contributed by atoms with Crippen molar-refractivity contribution in [3.05, 3.63) is 33.3 Å². The summed E-state index contributed by atoms with van der Waals surface area (Å²) in [5.74, 6) is 0.619. The third-order valence-electron chi connectivity index (χ3n) is 2.76. The van der Waals surface area contributed by atoms with Gasteiger partial charge in [-0.25, -0.2) is 13.1 Å². The number of sulfonamides is 1. The number of hydrogen-bond acceptors (Lipinski definition) is 6. The van der Waals surface area contributed by atoms with E-state index < -0.39 is 10.0 Å². The number of thiophene rings is 1. The summed E-state index contributed by atoms with van der Waals surface area (Å²) in [4.78, 5) is 1.07. The molecule has 2 aromatic heterocycles. The van der Waals surface area contributed by atoms with Gasteiger partial charge in [-0.15, -0.1) is 11.3 Å². The minimum absolute atomic E-state index is 0.164. The summed E-state index contributed by atoms with van der Waals surface area (Å²) in [7, 11) is -3.52. The second-order valence-electron chi connectivity index (χ2n) is 4.08. The summed E-state index contributed by atoms with van der Waals surface area (Å²) in [6.07, 6.45) is 0. The molecule has 0 aliphatic rings. The Morgan fingerprint density at radius 2 is 2.21 bits per heavy atom. The molecule has 0 saturated heterocycles. The molecule has 2 heterocycles. The van der Waals surface area contributed by atoms with Crippen LogP contribution in [-0.2, 0) is 23.1 Å². The molecule has 104 valence electrons. The maximum absolute atomic E-state index is 12.1. The predicted octanol–water partition coefficient (Wildman–Crippen LogP) is 1.29. The molecule has 0 saturated carbocycles. The van der Waals surface area contributed by atoms with E-state index in [1.54, 1.807) is 25.3 Å². The average Bonchev–Trinajstić information content (AvgIpc) is 2.96. The van der Waals surface area contributed by atoms with Crippen LogP contribution < -0.4 is 10.5 Å². The van der Waals surface area contributed by atoms with Gasteiger partial charge in [0, 0.05) is 28.9 Å². The zero-order valence-electron chi connectivity index (χ0n) is 10.6. The topological polar surface area (TPSA) is 98.2 Å². The van der Waals surface area contributed by atoms with Gasteiger partial charge in [-0.3, -0.25) is 0 Å². The van der Waals surface area contributed by atoms with E-state index in [1.165, 1.54) is 11.3 Å². The number of hydrogen-bond donors (Lipinski definition) is 2. The first-order valence-corrected chi connectivity index (χ1v) is 7.99. The molecule has 3 N–H and O–H groups in total. The summed E-state index contributed by atoms with van der Waals surface area (Å²) in [6.45, 7) is 4.03. The Kier molecular flexibility index (Phi) is 4.04. The van der Waals surface area contributed by atoms with Crippen LogP contribution >= 0.6 is 11.3 Å². The second kappa shape index (κ2) is 5.41. The average molecular weight is 301 g/mol. The van der Waals surface area contributed by atoms with Crippen molar-refractivity contribution in [1.82, 2.24) is 9.88 Å². The summed E-state index contributed by atoms with van der Waals surface area (Å²) in [6, 6.07) is 1.58. The fraction of sp³-hybridized carbons (Fsp3) is 0.364. The second-order valence-corrected chi connectivity index (χ2v) is 6.84. The van der Waals surface area contributed by atoms with Crippen LogP contribution in [0.3, 0.4) is 0 Å². The Hall–Kier alpha value is -1.22. The normalized spacial score (nSPS) is 11.9. The molecule has 0 atom stereocenters. The highest BCUT2D eigenvalue weighted by Crippen LogP contribution is 2.19. The van der Waals surface area contributed by atoms with E-state index in [0.29, 0.717) is 18.0 Å². The Bertz CT molecular complexity index is 654. The number of nitrogens with one attached hydrogen (secondary N) is 1. The van der Waals surface area contributed by atoms with Gasteiger partial charge in [-0.2, -0.15) is 0 Å². The zero-order valence-corrected chi connectivity index (χ0v) is 12.3. The third kappa shape index (κ3) is 3.03. The molecule has 0 amide bonds. The van der Waals surface area contributed by atoms with Crippen LogP contribution in [0.15, 0.2) is 20.9 Å². The molecule has 0 aromatic carbocycles. The van der Waals surface area contributed by atoms with E-state index in [9.17, 15) is 8.42 Å². The molecule has 8 heteroatoms. The van der Waals surface area contributed by atoms with Gasteiger partial charge in [-0.1, -0.05) is 5.16 Å². The molecule has 0 aliphatic heterocycles. The van der Waals surface area contributed by atoms with E-state index in [4.69, 9.17) is 10.3 Å². The third-order valence-corrected chi connectivity index (χ3v) is 5.25. The van der Waals surface area contributed by atoms with Crippen LogP contribution in [-0.4, -0.2) is 13.6 Å². The fourth-order valence-corrected chi connectivity index (χ4v) is 3.76. The van der Waals surface area contributed by atoms with Gasteiger partial charge in [0.25, 0.3) is 0 Å². The van der Waals surface area contributed by atoms with Crippen molar-refractivity contribution in [2.45, 2.75) is 31.8 Å². The van der Waals surface area contributed by atoms with Crippen molar-refractivity contribution in [1.29, 1.82) is 0 Å². The molecule has 0 bridgehead atoms.